The SMILES string of the molecule is O=C(C=Cc1ccc(Cl)c(Cl)c1)N1CCN(c2ccc(Cl)cc2)CC1. The Morgan fingerprint density at radius 2 is 1.56 bits per heavy atom. The maximum atomic E-state index is 12.4. The van der Waals surface area contributed by atoms with Crippen molar-refractivity contribution < 1.29 is 4.79 Å². The number of benzene rings is 2. The van der Waals surface area contributed by atoms with Gasteiger partial charge >= 0.3 is 0 Å². The Balaban J connectivity index is 1.56. The third kappa shape index (κ3) is 4.69. The topological polar surface area (TPSA) is 23.6 Å². The van der Waals surface area contributed by atoms with Crippen molar-refractivity contribution >= 4 is 52.5 Å². The summed E-state index contributed by atoms with van der Waals surface area (Å²) in [5.41, 5.74) is 1.98. The number of nitrogens with zero attached hydrogens (tertiary/aromatic N) is 2. The first-order chi connectivity index (χ1) is 12.0. The molecule has 0 aromatic heterocycles. The van der Waals surface area contributed by atoms with E-state index in [0.717, 1.165) is 29.4 Å². The Hall–Kier alpha value is -1.68. The molecule has 3 rings (SSSR count). The Morgan fingerprint density at radius 1 is 0.880 bits per heavy atom. The summed E-state index contributed by atoms with van der Waals surface area (Å²) < 4.78 is 0. The Morgan fingerprint density at radius 3 is 2.20 bits per heavy atom. The van der Waals surface area contributed by atoms with Gasteiger partial charge in [-0.25, -0.2) is 0 Å². The third-order valence-corrected chi connectivity index (χ3v) is 5.14. The minimum Gasteiger partial charge on any atom is -0.368 e. The van der Waals surface area contributed by atoms with E-state index >= 15 is 0 Å². The predicted octanol–water partition coefficient (Wildman–Crippen LogP) is 5.01. The summed E-state index contributed by atoms with van der Waals surface area (Å²) in [4.78, 5) is 16.5. The molecule has 130 valence electrons. The van der Waals surface area contributed by atoms with Crippen molar-refractivity contribution in [2.24, 2.45) is 0 Å². The van der Waals surface area contributed by atoms with E-state index in [0.29, 0.717) is 23.1 Å². The van der Waals surface area contributed by atoms with Gasteiger partial charge < -0.3 is 9.80 Å². The van der Waals surface area contributed by atoms with Gasteiger partial charge in [-0.2, -0.15) is 0 Å². The van der Waals surface area contributed by atoms with E-state index in [1.165, 1.54) is 0 Å². The highest BCUT2D eigenvalue weighted by Crippen LogP contribution is 2.23. The summed E-state index contributed by atoms with van der Waals surface area (Å²) >= 11 is 17.8. The predicted molar refractivity (Wildman–Crippen MR) is 106 cm³/mol. The second-order valence-electron chi connectivity index (χ2n) is 5.80. The van der Waals surface area contributed by atoms with Crippen LogP contribution in [0.4, 0.5) is 5.69 Å². The van der Waals surface area contributed by atoms with Gasteiger partial charge in [-0.05, 0) is 48.0 Å². The molecule has 0 aliphatic carbocycles. The van der Waals surface area contributed by atoms with Crippen LogP contribution in [0.25, 0.3) is 6.08 Å². The number of anilines is 1. The first-order valence-corrected chi connectivity index (χ1v) is 9.09. The Kier molecular flexibility index (Phi) is 5.89. The third-order valence-electron chi connectivity index (χ3n) is 4.15. The summed E-state index contributed by atoms with van der Waals surface area (Å²) in [5, 5.41) is 1.71. The second-order valence-corrected chi connectivity index (χ2v) is 7.05. The molecule has 0 saturated carbocycles. The Labute approximate surface area is 162 Å². The molecule has 0 atom stereocenters. The molecular weight excluding hydrogens is 379 g/mol. The number of hydrogen-bond acceptors (Lipinski definition) is 2. The van der Waals surface area contributed by atoms with Crippen LogP contribution in [0.1, 0.15) is 5.56 Å². The molecule has 0 spiro atoms. The molecule has 1 aliphatic rings. The van der Waals surface area contributed by atoms with Crippen LogP contribution in [-0.2, 0) is 4.79 Å². The van der Waals surface area contributed by atoms with Crippen molar-refractivity contribution in [1.82, 2.24) is 4.90 Å². The van der Waals surface area contributed by atoms with Crippen molar-refractivity contribution in [2.45, 2.75) is 0 Å². The number of amides is 1. The maximum absolute atomic E-state index is 12.4. The maximum Gasteiger partial charge on any atom is 0.246 e. The van der Waals surface area contributed by atoms with Crippen LogP contribution in [-0.4, -0.2) is 37.0 Å². The number of rotatable bonds is 3. The molecule has 25 heavy (non-hydrogen) atoms. The monoisotopic (exact) mass is 394 g/mol. The zero-order valence-electron chi connectivity index (χ0n) is 13.5. The van der Waals surface area contributed by atoms with Gasteiger partial charge in [-0.1, -0.05) is 40.9 Å². The molecule has 1 heterocycles. The standard InChI is InChI=1S/C19H17Cl3N2O/c20-15-3-5-16(6-4-15)23-9-11-24(12-10-23)19(25)8-2-14-1-7-17(21)18(22)13-14/h1-8,13H,9-12H2. The van der Waals surface area contributed by atoms with E-state index in [9.17, 15) is 4.79 Å². The van der Waals surface area contributed by atoms with Crippen molar-refractivity contribution in [2.75, 3.05) is 31.1 Å². The second kappa shape index (κ2) is 8.13. The highest BCUT2D eigenvalue weighted by atomic mass is 35.5. The molecule has 6 heteroatoms. The Bertz CT molecular complexity index is 782. The van der Waals surface area contributed by atoms with Gasteiger partial charge in [-0.15, -0.1) is 0 Å². The van der Waals surface area contributed by atoms with Crippen LogP contribution >= 0.6 is 34.8 Å². The van der Waals surface area contributed by atoms with Crippen LogP contribution in [0.3, 0.4) is 0 Å². The molecule has 1 amide bonds. The molecule has 0 radical (unpaired) electrons. The van der Waals surface area contributed by atoms with Crippen LogP contribution in [0.2, 0.25) is 15.1 Å². The van der Waals surface area contributed by atoms with Crippen molar-refractivity contribution in [1.29, 1.82) is 0 Å². The molecule has 1 fully saturated rings. The van der Waals surface area contributed by atoms with Gasteiger partial charge in [0.25, 0.3) is 0 Å². The molecule has 0 N–H and O–H groups in total. The fourth-order valence-corrected chi connectivity index (χ4v) is 3.16. The van der Waals surface area contributed by atoms with Crippen LogP contribution in [0.5, 0.6) is 0 Å². The summed E-state index contributed by atoms with van der Waals surface area (Å²) in [6, 6.07) is 13.1. The smallest absolute Gasteiger partial charge is 0.246 e. The van der Waals surface area contributed by atoms with Gasteiger partial charge in [0.05, 0.1) is 10.0 Å². The summed E-state index contributed by atoms with van der Waals surface area (Å²) in [5.74, 6) is 0.00169. The zero-order chi connectivity index (χ0) is 17.8. The zero-order valence-corrected chi connectivity index (χ0v) is 15.7. The van der Waals surface area contributed by atoms with Crippen molar-refractivity contribution in [3.63, 3.8) is 0 Å². The molecule has 1 saturated heterocycles. The van der Waals surface area contributed by atoms with Crippen molar-refractivity contribution in [3.05, 3.63) is 69.2 Å². The molecule has 1 aliphatic heterocycles. The minimum atomic E-state index is 0.00169. The van der Waals surface area contributed by atoms with E-state index < -0.39 is 0 Å². The highest BCUT2D eigenvalue weighted by Gasteiger charge is 2.19. The number of piperazine rings is 1. The molecule has 0 unspecified atom stereocenters. The van der Waals surface area contributed by atoms with Crippen molar-refractivity contribution in [3.8, 4) is 0 Å². The summed E-state index contributed by atoms with van der Waals surface area (Å²) in [6.45, 7) is 2.97. The van der Waals surface area contributed by atoms with E-state index in [4.69, 9.17) is 34.8 Å². The van der Waals surface area contributed by atoms with Gasteiger partial charge in [0.2, 0.25) is 5.91 Å². The lowest BCUT2D eigenvalue weighted by molar-refractivity contribution is -0.126. The molecule has 0 bridgehead atoms. The molecule has 2 aromatic rings. The quantitative estimate of drug-likeness (QED) is 0.682. The molecular formula is C19H17Cl3N2O. The minimum absolute atomic E-state index is 0.00169. The molecule has 2 aromatic carbocycles. The highest BCUT2D eigenvalue weighted by molar-refractivity contribution is 6.42. The van der Waals surface area contributed by atoms with Gasteiger partial charge in [0, 0.05) is 43.0 Å². The summed E-state index contributed by atoms with van der Waals surface area (Å²) in [7, 11) is 0. The fraction of sp³-hybridized carbons (Fsp3) is 0.211. The summed E-state index contributed by atoms with van der Waals surface area (Å²) in [6.07, 6.45) is 3.34. The fourth-order valence-electron chi connectivity index (χ4n) is 2.73. The largest absolute Gasteiger partial charge is 0.368 e. The number of carbonyl (C=O) groups excluding carboxylic acids is 1. The van der Waals surface area contributed by atoms with Gasteiger partial charge in [-0.3, -0.25) is 4.79 Å². The first-order valence-electron chi connectivity index (χ1n) is 7.95. The van der Waals surface area contributed by atoms with E-state index in [1.54, 1.807) is 24.3 Å². The van der Waals surface area contributed by atoms with E-state index in [2.05, 4.69) is 4.90 Å². The normalized spacial score (nSPS) is 15.0. The van der Waals surface area contributed by atoms with Gasteiger partial charge in [0.15, 0.2) is 0 Å². The van der Waals surface area contributed by atoms with Crippen LogP contribution < -0.4 is 4.90 Å². The number of hydrogen-bond donors (Lipinski definition) is 0. The lowest BCUT2D eigenvalue weighted by Gasteiger charge is -2.35. The lowest BCUT2D eigenvalue weighted by atomic mass is 10.2. The van der Waals surface area contributed by atoms with Gasteiger partial charge in [0.1, 0.15) is 0 Å². The van der Waals surface area contributed by atoms with E-state index in [1.807, 2.05) is 35.2 Å². The van der Waals surface area contributed by atoms with E-state index in [-0.39, 0.29) is 5.91 Å². The average Bonchev–Trinajstić information content (AvgIpc) is 2.63. The van der Waals surface area contributed by atoms with Crippen LogP contribution in [0, 0.1) is 0 Å². The number of halogens is 3. The first kappa shape index (κ1) is 18.1. The number of carbonyl (C=O) groups is 1. The average molecular weight is 396 g/mol. The molecule has 3 nitrogen and oxygen atoms in total. The van der Waals surface area contributed by atoms with Crippen LogP contribution in [0.15, 0.2) is 48.5 Å². The lowest BCUT2D eigenvalue weighted by Crippen LogP contribution is -2.48.